The SMILES string of the molecule is CCOc1cc(C)ccc1C(=O)OC(C)(C)C. The minimum absolute atomic E-state index is 0.346. The predicted molar refractivity (Wildman–Crippen MR) is 67.5 cm³/mol. The van der Waals surface area contributed by atoms with Gasteiger partial charge in [0.1, 0.15) is 16.9 Å². The molecule has 0 aliphatic rings. The molecule has 3 nitrogen and oxygen atoms in total. The molecule has 0 N–H and O–H groups in total. The highest BCUT2D eigenvalue weighted by Crippen LogP contribution is 2.23. The summed E-state index contributed by atoms with van der Waals surface area (Å²) in [7, 11) is 0. The van der Waals surface area contributed by atoms with Gasteiger partial charge in [-0.25, -0.2) is 4.79 Å². The summed E-state index contributed by atoms with van der Waals surface area (Å²) in [4.78, 5) is 12.0. The summed E-state index contributed by atoms with van der Waals surface area (Å²) >= 11 is 0. The van der Waals surface area contributed by atoms with Crippen LogP contribution in [0.1, 0.15) is 43.6 Å². The number of ether oxygens (including phenoxy) is 2. The monoisotopic (exact) mass is 236 g/mol. The molecule has 17 heavy (non-hydrogen) atoms. The molecule has 0 atom stereocenters. The molecule has 0 aliphatic heterocycles. The molecule has 3 heteroatoms. The second kappa shape index (κ2) is 5.21. The van der Waals surface area contributed by atoms with Gasteiger partial charge in [-0.05, 0) is 52.3 Å². The molecular formula is C14H20O3. The molecule has 0 amide bonds. The maximum atomic E-state index is 12.0. The number of esters is 1. The standard InChI is InChI=1S/C14H20O3/c1-6-16-12-9-10(2)7-8-11(12)13(15)17-14(3,4)5/h7-9H,6H2,1-5H3. The Bertz CT molecular complexity index is 402. The molecule has 0 fully saturated rings. The summed E-state index contributed by atoms with van der Waals surface area (Å²) in [5.74, 6) is 0.239. The van der Waals surface area contributed by atoms with Gasteiger partial charge in [-0.2, -0.15) is 0 Å². The van der Waals surface area contributed by atoms with Gasteiger partial charge in [0.05, 0.1) is 6.61 Å². The van der Waals surface area contributed by atoms with Gasteiger partial charge in [0, 0.05) is 0 Å². The molecule has 0 spiro atoms. The van der Waals surface area contributed by atoms with Crippen molar-refractivity contribution in [3.8, 4) is 5.75 Å². The van der Waals surface area contributed by atoms with Crippen LogP contribution in [0.4, 0.5) is 0 Å². The average Bonchev–Trinajstić information content (AvgIpc) is 2.15. The molecule has 1 aromatic rings. The van der Waals surface area contributed by atoms with Crippen LogP contribution in [-0.4, -0.2) is 18.2 Å². The Morgan fingerprint density at radius 1 is 1.29 bits per heavy atom. The number of hydrogen-bond donors (Lipinski definition) is 0. The van der Waals surface area contributed by atoms with E-state index in [-0.39, 0.29) is 5.97 Å². The van der Waals surface area contributed by atoms with Crippen LogP contribution in [0.3, 0.4) is 0 Å². The fraction of sp³-hybridized carbons (Fsp3) is 0.500. The van der Waals surface area contributed by atoms with Crippen LogP contribution in [-0.2, 0) is 4.74 Å². The van der Waals surface area contributed by atoms with Crippen LogP contribution in [0.5, 0.6) is 5.75 Å². The van der Waals surface area contributed by atoms with Gasteiger partial charge in [-0.3, -0.25) is 0 Å². The van der Waals surface area contributed by atoms with Crippen LogP contribution in [0.25, 0.3) is 0 Å². The summed E-state index contributed by atoms with van der Waals surface area (Å²) in [5.41, 5.74) is 1.04. The van der Waals surface area contributed by atoms with E-state index in [1.165, 1.54) is 0 Å². The summed E-state index contributed by atoms with van der Waals surface area (Å²) in [6.07, 6.45) is 0. The molecule has 0 saturated heterocycles. The van der Waals surface area contributed by atoms with Crippen molar-refractivity contribution in [1.29, 1.82) is 0 Å². The van der Waals surface area contributed by atoms with Crippen molar-refractivity contribution < 1.29 is 14.3 Å². The van der Waals surface area contributed by atoms with E-state index in [1.807, 2.05) is 46.8 Å². The van der Waals surface area contributed by atoms with Crippen molar-refractivity contribution in [3.05, 3.63) is 29.3 Å². The maximum absolute atomic E-state index is 12.0. The van der Waals surface area contributed by atoms with Gasteiger partial charge in [-0.1, -0.05) is 6.07 Å². The number of rotatable bonds is 3. The zero-order valence-corrected chi connectivity index (χ0v) is 11.2. The van der Waals surface area contributed by atoms with Crippen LogP contribution in [0, 0.1) is 6.92 Å². The van der Waals surface area contributed by atoms with Crippen molar-refractivity contribution >= 4 is 5.97 Å². The second-order valence-corrected chi connectivity index (χ2v) is 4.93. The third-order valence-corrected chi connectivity index (χ3v) is 2.06. The Labute approximate surface area is 103 Å². The van der Waals surface area contributed by atoms with Crippen molar-refractivity contribution in [2.24, 2.45) is 0 Å². The highest BCUT2D eigenvalue weighted by atomic mass is 16.6. The number of aryl methyl sites for hydroxylation is 1. The van der Waals surface area contributed by atoms with Crippen LogP contribution in [0.2, 0.25) is 0 Å². The Morgan fingerprint density at radius 2 is 1.94 bits per heavy atom. The quantitative estimate of drug-likeness (QED) is 0.755. The normalized spacial score (nSPS) is 11.1. The molecule has 0 radical (unpaired) electrons. The van der Waals surface area contributed by atoms with Gasteiger partial charge in [0.15, 0.2) is 0 Å². The largest absolute Gasteiger partial charge is 0.493 e. The molecule has 0 aromatic heterocycles. The second-order valence-electron chi connectivity index (χ2n) is 4.93. The Hall–Kier alpha value is -1.51. The number of hydrogen-bond acceptors (Lipinski definition) is 3. The van der Waals surface area contributed by atoms with Crippen molar-refractivity contribution in [2.45, 2.75) is 40.2 Å². The Kier molecular flexibility index (Phi) is 4.16. The van der Waals surface area contributed by atoms with E-state index in [2.05, 4.69) is 0 Å². The van der Waals surface area contributed by atoms with E-state index in [0.29, 0.717) is 17.9 Å². The molecule has 94 valence electrons. The van der Waals surface area contributed by atoms with E-state index in [4.69, 9.17) is 9.47 Å². The Balaban J connectivity index is 3.00. The number of benzene rings is 1. The number of carbonyl (C=O) groups excluding carboxylic acids is 1. The lowest BCUT2D eigenvalue weighted by Crippen LogP contribution is -2.24. The van der Waals surface area contributed by atoms with Gasteiger partial charge >= 0.3 is 5.97 Å². The van der Waals surface area contributed by atoms with E-state index in [0.717, 1.165) is 5.56 Å². The first kappa shape index (κ1) is 13.6. The first-order valence-corrected chi connectivity index (χ1v) is 5.80. The highest BCUT2D eigenvalue weighted by molar-refractivity contribution is 5.92. The minimum Gasteiger partial charge on any atom is -0.493 e. The lowest BCUT2D eigenvalue weighted by atomic mass is 10.1. The number of carbonyl (C=O) groups is 1. The summed E-state index contributed by atoms with van der Waals surface area (Å²) in [5, 5.41) is 0. The lowest BCUT2D eigenvalue weighted by molar-refractivity contribution is 0.00660. The van der Waals surface area contributed by atoms with Gasteiger partial charge < -0.3 is 9.47 Å². The third-order valence-electron chi connectivity index (χ3n) is 2.06. The molecule has 1 aromatic carbocycles. The molecule has 0 bridgehead atoms. The maximum Gasteiger partial charge on any atom is 0.342 e. The topological polar surface area (TPSA) is 35.5 Å². The van der Waals surface area contributed by atoms with E-state index in [1.54, 1.807) is 6.07 Å². The molecule has 0 aliphatic carbocycles. The van der Waals surface area contributed by atoms with Crippen molar-refractivity contribution in [2.75, 3.05) is 6.61 Å². The molecular weight excluding hydrogens is 216 g/mol. The first-order chi connectivity index (χ1) is 7.83. The fourth-order valence-electron chi connectivity index (χ4n) is 1.41. The Morgan fingerprint density at radius 3 is 2.47 bits per heavy atom. The van der Waals surface area contributed by atoms with E-state index < -0.39 is 5.60 Å². The minimum atomic E-state index is -0.495. The molecule has 0 heterocycles. The summed E-state index contributed by atoms with van der Waals surface area (Å²) in [6.45, 7) is 9.92. The first-order valence-electron chi connectivity index (χ1n) is 5.80. The van der Waals surface area contributed by atoms with Crippen molar-refractivity contribution in [1.82, 2.24) is 0 Å². The molecule has 1 rings (SSSR count). The average molecular weight is 236 g/mol. The highest BCUT2D eigenvalue weighted by Gasteiger charge is 2.20. The smallest absolute Gasteiger partial charge is 0.342 e. The molecule has 0 saturated carbocycles. The van der Waals surface area contributed by atoms with E-state index in [9.17, 15) is 4.79 Å². The van der Waals surface area contributed by atoms with Crippen LogP contribution >= 0.6 is 0 Å². The van der Waals surface area contributed by atoms with Crippen LogP contribution in [0.15, 0.2) is 18.2 Å². The third kappa shape index (κ3) is 4.10. The van der Waals surface area contributed by atoms with Gasteiger partial charge in [0.25, 0.3) is 0 Å². The van der Waals surface area contributed by atoms with E-state index >= 15 is 0 Å². The van der Waals surface area contributed by atoms with Crippen molar-refractivity contribution in [3.63, 3.8) is 0 Å². The van der Waals surface area contributed by atoms with Gasteiger partial charge in [-0.15, -0.1) is 0 Å². The summed E-state index contributed by atoms with van der Waals surface area (Å²) in [6, 6.07) is 5.47. The van der Waals surface area contributed by atoms with Crippen LogP contribution < -0.4 is 4.74 Å². The zero-order valence-electron chi connectivity index (χ0n) is 11.2. The summed E-state index contributed by atoms with van der Waals surface area (Å²) < 4.78 is 10.8. The van der Waals surface area contributed by atoms with Gasteiger partial charge in [0.2, 0.25) is 0 Å². The predicted octanol–water partition coefficient (Wildman–Crippen LogP) is 3.35. The lowest BCUT2D eigenvalue weighted by Gasteiger charge is -2.20. The fourth-order valence-corrected chi connectivity index (χ4v) is 1.41. The zero-order chi connectivity index (χ0) is 13.1. The molecule has 0 unspecified atom stereocenters.